The monoisotopic (exact) mass is 643 g/mol. The third-order valence-corrected chi connectivity index (χ3v) is 9.12. The molecular formula is C32H46FN7O6. The van der Waals surface area contributed by atoms with Gasteiger partial charge in [0.25, 0.3) is 5.91 Å². The van der Waals surface area contributed by atoms with Crippen LogP contribution >= 0.6 is 0 Å². The van der Waals surface area contributed by atoms with E-state index in [0.29, 0.717) is 51.1 Å². The van der Waals surface area contributed by atoms with E-state index in [4.69, 9.17) is 5.73 Å². The van der Waals surface area contributed by atoms with E-state index in [2.05, 4.69) is 16.0 Å². The molecule has 14 heteroatoms. The summed E-state index contributed by atoms with van der Waals surface area (Å²) in [5, 5.41) is 7.91. The third kappa shape index (κ3) is 8.52. The lowest BCUT2D eigenvalue weighted by atomic mass is 9.80. The molecule has 0 spiro atoms. The summed E-state index contributed by atoms with van der Waals surface area (Å²) in [6.45, 7) is 6.95. The van der Waals surface area contributed by atoms with Crippen LogP contribution in [0.3, 0.4) is 0 Å². The van der Waals surface area contributed by atoms with Crippen LogP contribution in [0.4, 0.5) is 14.9 Å². The fourth-order valence-corrected chi connectivity index (χ4v) is 6.21. The van der Waals surface area contributed by atoms with E-state index in [1.165, 1.54) is 11.0 Å². The molecule has 6 amide bonds. The lowest BCUT2D eigenvalue weighted by molar-refractivity contribution is -0.143. The number of amides is 6. The molecular weight excluding hydrogens is 597 g/mol. The van der Waals surface area contributed by atoms with Crippen molar-refractivity contribution in [2.45, 2.75) is 77.4 Å². The van der Waals surface area contributed by atoms with Crippen LogP contribution in [0, 0.1) is 17.2 Å². The average molecular weight is 644 g/mol. The maximum atomic E-state index is 14.2. The largest absolute Gasteiger partial charge is 0.366 e. The minimum atomic E-state index is -1.12. The summed E-state index contributed by atoms with van der Waals surface area (Å²) < 4.78 is 14.2. The van der Waals surface area contributed by atoms with Crippen molar-refractivity contribution in [2.24, 2.45) is 17.1 Å². The Morgan fingerprint density at radius 1 is 0.935 bits per heavy atom. The molecule has 2 aliphatic heterocycles. The first-order chi connectivity index (χ1) is 21.8. The van der Waals surface area contributed by atoms with E-state index in [0.717, 1.165) is 19.3 Å². The van der Waals surface area contributed by atoms with E-state index >= 15 is 0 Å². The standard InChI is InChI=1S/C32H46FN7O6/c1-32(2,3)27(37-31(46)35-19-25(41)39-16-14-38(15-17-39)23-11-5-4-10-21(23)33)30(45)40-13-7-12-24(40)29(44)36-22(26(42)28(34)43)18-20-8-6-9-20/h4-5,10-11,20,22,24,27H,6-9,12-19H2,1-3H3,(H2,34,43)(H,36,44)(H2,35,37,46). The smallest absolute Gasteiger partial charge is 0.315 e. The van der Waals surface area contributed by atoms with Gasteiger partial charge in [0.15, 0.2) is 0 Å². The molecule has 46 heavy (non-hydrogen) atoms. The predicted molar refractivity (Wildman–Crippen MR) is 168 cm³/mol. The highest BCUT2D eigenvalue weighted by Gasteiger charge is 2.43. The van der Waals surface area contributed by atoms with Crippen LogP contribution in [-0.2, 0) is 24.0 Å². The van der Waals surface area contributed by atoms with E-state index < -0.39 is 53.1 Å². The van der Waals surface area contributed by atoms with E-state index in [9.17, 15) is 33.2 Å². The zero-order valence-corrected chi connectivity index (χ0v) is 26.9. The number of para-hydroxylation sites is 1. The number of likely N-dealkylation sites (tertiary alicyclic amines) is 1. The second kappa shape index (κ2) is 14.9. The number of hydrogen-bond donors (Lipinski definition) is 4. The number of carbonyl (C=O) groups is 6. The summed E-state index contributed by atoms with van der Waals surface area (Å²) in [6.07, 6.45) is 4.07. The number of nitrogens with two attached hydrogens (primary N) is 1. The number of carbonyl (C=O) groups excluding carboxylic acids is 6. The molecule has 4 rings (SSSR count). The molecule has 252 valence electrons. The van der Waals surface area contributed by atoms with Crippen molar-refractivity contribution in [2.75, 3.05) is 44.2 Å². The molecule has 1 aromatic rings. The summed E-state index contributed by atoms with van der Waals surface area (Å²) in [5.41, 5.74) is 4.97. The zero-order chi connectivity index (χ0) is 33.6. The van der Waals surface area contributed by atoms with Gasteiger partial charge in [-0.2, -0.15) is 0 Å². The number of Topliss-reactive ketones (excluding diaryl/α,β-unsaturated/α-hetero) is 1. The first-order valence-electron chi connectivity index (χ1n) is 16.0. The summed E-state index contributed by atoms with van der Waals surface area (Å²) >= 11 is 0. The van der Waals surface area contributed by atoms with Crippen molar-refractivity contribution >= 4 is 41.1 Å². The van der Waals surface area contributed by atoms with Crippen molar-refractivity contribution < 1.29 is 33.2 Å². The minimum Gasteiger partial charge on any atom is -0.366 e. The molecule has 2 heterocycles. The first-order valence-corrected chi connectivity index (χ1v) is 16.0. The molecule has 3 aliphatic rings. The van der Waals surface area contributed by atoms with Crippen molar-refractivity contribution in [3.8, 4) is 0 Å². The van der Waals surface area contributed by atoms with E-state index in [1.807, 2.05) is 4.90 Å². The van der Waals surface area contributed by atoms with Crippen molar-refractivity contribution in [1.82, 2.24) is 25.8 Å². The van der Waals surface area contributed by atoms with Gasteiger partial charge in [-0.15, -0.1) is 0 Å². The first kappa shape index (κ1) is 34.6. The number of primary amides is 1. The van der Waals surface area contributed by atoms with Gasteiger partial charge in [-0.25, -0.2) is 9.18 Å². The number of anilines is 1. The van der Waals surface area contributed by atoms with Gasteiger partial charge < -0.3 is 36.4 Å². The van der Waals surface area contributed by atoms with Crippen molar-refractivity contribution in [3.05, 3.63) is 30.1 Å². The zero-order valence-electron chi connectivity index (χ0n) is 26.9. The highest BCUT2D eigenvalue weighted by Crippen LogP contribution is 2.31. The quantitative estimate of drug-likeness (QED) is 0.259. The summed E-state index contributed by atoms with van der Waals surface area (Å²) in [7, 11) is 0. The highest BCUT2D eigenvalue weighted by atomic mass is 19.1. The number of hydrogen-bond acceptors (Lipinski definition) is 7. The van der Waals surface area contributed by atoms with E-state index in [1.54, 1.807) is 43.9 Å². The summed E-state index contributed by atoms with van der Waals surface area (Å²) in [4.78, 5) is 81.9. The highest BCUT2D eigenvalue weighted by molar-refractivity contribution is 6.37. The van der Waals surface area contributed by atoms with Crippen LogP contribution in [0.1, 0.15) is 59.3 Å². The molecule has 0 bridgehead atoms. The number of rotatable bonds is 11. The number of halogens is 1. The maximum absolute atomic E-state index is 14.2. The van der Waals surface area contributed by atoms with Crippen LogP contribution in [0.5, 0.6) is 0 Å². The number of nitrogens with one attached hydrogen (secondary N) is 3. The van der Waals surface area contributed by atoms with Gasteiger partial charge in [-0.05, 0) is 42.7 Å². The Bertz CT molecular complexity index is 1320. The minimum absolute atomic E-state index is 0.221. The van der Waals surface area contributed by atoms with Gasteiger partial charge in [0.05, 0.1) is 18.3 Å². The number of nitrogens with zero attached hydrogens (tertiary/aromatic N) is 3. The predicted octanol–water partition coefficient (Wildman–Crippen LogP) is 0.909. The number of piperazine rings is 1. The van der Waals surface area contributed by atoms with Crippen LogP contribution in [0.25, 0.3) is 0 Å². The molecule has 2 saturated heterocycles. The Kier molecular flexibility index (Phi) is 11.2. The average Bonchev–Trinajstić information content (AvgIpc) is 3.49. The second-order valence-electron chi connectivity index (χ2n) is 13.5. The van der Waals surface area contributed by atoms with Crippen molar-refractivity contribution in [1.29, 1.82) is 0 Å². The molecule has 1 aliphatic carbocycles. The number of ketones is 1. The second-order valence-corrected chi connectivity index (χ2v) is 13.5. The molecule has 1 aromatic carbocycles. The molecule has 5 N–H and O–H groups in total. The Morgan fingerprint density at radius 2 is 1.61 bits per heavy atom. The van der Waals surface area contributed by atoms with Crippen LogP contribution < -0.4 is 26.6 Å². The Morgan fingerprint density at radius 3 is 2.20 bits per heavy atom. The summed E-state index contributed by atoms with van der Waals surface area (Å²) in [5.74, 6) is -3.39. The van der Waals surface area contributed by atoms with Gasteiger partial charge in [-0.1, -0.05) is 52.2 Å². The molecule has 3 fully saturated rings. The fourth-order valence-electron chi connectivity index (χ4n) is 6.21. The lowest BCUT2D eigenvalue weighted by Gasteiger charge is -2.37. The Labute approximate surface area is 268 Å². The van der Waals surface area contributed by atoms with Crippen LogP contribution in [0.15, 0.2) is 24.3 Å². The number of urea groups is 1. The Balaban J connectivity index is 1.31. The third-order valence-electron chi connectivity index (χ3n) is 9.12. The van der Waals surface area contributed by atoms with E-state index in [-0.39, 0.29) is 30.7 Å². The van der Waals surface area contributed by atoms with Gasteiger partial charge in [0, 0.05) is 32.7 Å². The van der Waals surface area contributed by atoms with Gasteiger partial charge in [0.2, 0.25) is 23.5 Å². The lowest BCUT2D eigenvalue weighted by Crippen LogP contribution is -2.60. The van der Waals surface area contributed by atoms with Crippen LogP contribution in [-0.4, -0.2) is 103 Å². The van der Waals surface area contributed by atoms with Gasteiger partial charge >= 0.3 is 6.03 Å². The SMILES string of the molecule is CC(C)(C)C(NC(=O)NCC(=O)N1CCN(c2ccccc2F)CC1)C(=O)N1CCCC1C(=O)NC(CC1CCC1)C(=O)C(N)=O. The fraction of sp³-hybridized carbons (Fsp3) is 0.625. The summed E-state index contributed by atoms with van der Waals surface area (Å²) in [6, 6.07) is 2.81. The number of benzene rings is 1. The van der Waals surface area contributed by atoms with Gasteiger partial charge in [-0.3, -0.25) is 24.0 Å². The molecule has 3 atom stereocenters. The molecule has 1 saturated carbocycles. The molecule has 3 unspecified atom stereocenters. The van der Waals surface area contributed by atoms with Crippen LogP contribution in [0.2, 0.25) is 0 Å². The topological polar surface area (TPSA) is 174 Å². The molecule has 13 nitrogen and oxygen atoms in total. The van der Waals surface area contributed by atoms with Gasteiger partial charge in [0.1, 0.15) is 17.9 Å². The maximum Gasteiger partial charge on any atom is 0.315 e. The normalized spacial score (nSPS) is 19.9. The molecule has 0 radical (unpaired) electrons. The molecule has 0 aromatic heterocycles. The van der Waals surface area contributed by atoms with Crippen molar-refractivity contribution in [3.63, 3.8) is 0 Å². The Hall–Kier alpha value is -4.23.